The van der Waals surface area contributed by atoms with Crippen molar-refractivity contribution in [3.05, 3.63) is 30.2 Å². The van der Waals surface area contributed by atoms with E-state index in [1.54, 1.807) is 19.1 Å². The van der Waals surface area contributed by atoms with Crippen molar-refractivity contribution in [2.24, 2.45) is 0 Å². The summed E-state index contributed by atoms with van der Waals surface area (Å²) in [4.78, 5) is 16.1. The van der Waals surface area contributed by atoms with E-state index in [-0.39, 0.29) is 18.0 Å². The molecule has 1 aliphatic heterocycles. The van der Waals surface area contributed by atoms with Crippen LogP contribution in [0.5, 0.6) is 11.5 Å². The number of anilines is 1. The van der Waals surface area contributed by atoms with Gasteiger partial charge in [0.25, 0.3) is 11.9 Å². The summed E-state index contributed by atoms with van der Waals surface area (Å²) >= 11 is 0. The number of aromatic nitrogens is 2. The molecule has 0 spiro atoms. The predicted molar refractivity (Wildman–Crippen MR) is 76.4 cm³/mol. The number of hydrogen-bond acceptors (Lipinski definition) is 7. The standard InChI is InChI=1S/C14H16N4O4/c1-8-12(21-10-5-3-2-4-9(10)20-8)13(19)16-7-6-11-17-14(15)18-22-11/h2-5,8,12H,6-7H2,1H3,(H2,15,18)(H,16,19). The van der Waals surface area contributed by atoms with Crippen LogP contribution in [-0.2, 0) is 11.2 Å². The smallest absolute Gasteiger partial charge is 0.265 e. The molecule has 2 unspecified atom stereocenters. The number of ether oxygens (including phenoxy) is 2. The number of hydrogen-bond donors (Lipinski definition) is 2. The van der Waals surface area contributed by atoms with E-state index in [2.05, 4.69) is 15.5 Å². The van der Waals surface area contributed by atoms with Crippen molar-refractivity contribution >= 4 is 11.9 Å². The predicted octanol–water partition coefficient (Wildman–Crippen LogP) is 0.539. The lowest BCUT2D eigenvalue weighted by molar-refractivity contribution is -0.133. The Hall–Kier alpha value is -2.77. The maximum Gasteiger partial charge on any atom is 0.265 e. The minimum Gasteiger partial charge on any atom is -0.482 e. The number of nitrogens with two attached hydrogens (primary N) is 1. The summed E-state index contributed by atoms with van der Waals surface area (Å²) in [6.45, 7) is 2.13. The van der Waals surface area contributed by atoms with E-state index in [1.807, 2.05) is 12.1 Å². The zero-order valence-corrected chi connectivity index (χ0v) is 12.0. The van der Waals surface area contributed by atoms with Gasteiger partial charge in [-0.15, -0.1) is 0 Å². The van der Waals surface area contributed by atoms with Gasteiger partial charge in [-0.3, -0.25) is 4.79 Å². The molecular weight excluding hydrogens is 288 g/mol. The second-order valence-electron chi connectivity index (χ2n) is 4.90. The quantitative estimate of drug-likeness (QED) is 0.847. The summed E-state index contributed by atoms with van der Waals surface area (Å²) in [6, 6.07) is 7.25. The second-order valence-corrected chi connectivity index (χ2v) is 4.90. The molecule has 8 nitrogen and oxygen atoms in total. The molecule has 8 heteroatoms. The Morgan fingerprint density at radius 3 is 2.73 bits per heavy atom. The van der Waals surface area contributed by atoms with E-state index in [4.69, 9.17) is 19.7 Å². The highest BCUT2D eigenvalue weighted by Crippen LogP contribution is 2.33. The molecule has 3 N–H and O–H groups in total. The highest BCUT2D eigenvalue weighted by molar-refractivity contribution is 5.82. The Morgan fingerprint density at radius 2 is 2.05 bits per heavy atom. The Kier molecular flexibility index (Phi) is 3.82. The third-order valence-corrected chi connectivity index (χ3v) is 3.22. The molecule has 116 valence electrons. The fourth-order valence-corrected chi connectivity index (χ4v) is 2.17. The monoisotopic (exact) mass is 304 g/mol. The number of carbonyl (C=O) groups is 1. The van der Waals surface area contributed by atoms with E-state index in [0.717, 1.165) is 0 Å². The van der Waals surface area contributed by atoms with E-state index >= 15 is 0 Å². The van der Waals surface area contributed by atoms with Crippen LogP contribution in [0.1, 0.15) is 12.8 Å². The molecule has 2 aromatic rings. The number of nitrogen functional groups attached to an aromatic ring is 1. The fourth-order valence-electron chi connectivity index (χ4n) is 2.17. The Bertz CT molecular complexity index is 672. The van der Waals surface area contributed by atoms with Crippen LogP contribution in [-0.4, -0.2) is 34.8 Å². The zero-order chi connectivity index (χ0) is 15.5. The molecule has 1 aromatic carbocycles. The first-order chi connectivity index (χ1) is 10.6. The summed E-state index contributed by atoms with van der Waals surface area (Å²) in [7, 11) is 0. The molecule has 1 aliphatic rings. The van der Waals surface area contributed by atoms with E-state index < -0.39 is 6.10 Å². The lowest BCUT2D eigenvalue weighted by Crippen LogP contribution is -2.49. The van der Waals surface area contributed by atoms with Gasteiger partial charge in [0.05, 0.1) is 0 Å². The lowest BCUT2D eigenvalue weighted by Gasteiger charge is -2.30. The molecule has 0 fully saturated rings. The number of carbonyl (C=O) groups excluding carboxylic acids is 1. The number of fused-ring (bicyclic) bond motifs is 1. The van der Waals surface area contributed by atoms with Crippen molar-refractivity contribution in [2.75, 3.05) is 12.3 Å². The van der Waals surface area contributed by atoms with Gasteiger partial charge in [-0.2, -0.15) is 4.98 Å². The number of rotatable bonds is 4. The highest BCUT2D eigenvalue weighted by Gasteiger charge is 2.33. The highest BCUT2D eigenvalue weighted by atomic mass is 16.6. The SMILES string of the molecule is CC1Oc2ccccc2OC1C(=O)NCCc1nc(N)no1. The Morgan fingerprint density at radius 1 is 1.32 bits per heavy atom. The van der Waals surface area contributed by atoms with Gasteiger partial charge in [0.15, 0.2) is 11.5 Å². The first-order valence-corrected chi connectivity index (χ1v) is 6.91. The number of nitrogens with zero attached hydrogens (tertiary/aromatic N) is 2. The molecule has 1 aromatic heterocycles. The van der Waals surface area contributed by atoms with Crippen LogP contribution in [0, 0.1) is 0 Å². The molecule has 2 atom stereocenters. The van der Waals surface area contributed by atoms with Crippen molar-refractivity contribution in [1.29, 1.82) is 0 Å². The van der Waals surface area contributed by atoms with Crippen molar-refractivity contribution in [3.63, 3.8) is 0 Å². The van der Waals surface area contributed by atoms with Crippen LogP contribution in [0.4, 0.5) is 5.95 Å². The van der Waals surface area contributed by atoms with Crippen LogP contribution in [0.25, 0.3) is 0 Å². The molecule has 0 radical (unpaired) electrons. The molecule has 0 saturated heterocycles. The molecule has 3 rings (SSSR count). The van der Waals surface area contributed by atoms with Gasteiger partial charge >= 0.3 is 0 Å². The minimum atomic E-state index is -0.706. The summed E-state index contributed by atoms with van der Waals surface area (Å²) in [6.07, 6.45) is -0.689. The lowest BCUT2D eigenvalue weighted by atomic mass is 10.1. The minimum absolute atomic E-state index is 0.0792. The van der Waals surface area contributed by atoms with Gasteiger partial charge in [-0.25, -0.2) is 0 Å². The van der Waals surface area contributed by atoms with Gasteiger partial charge in [-0.1, -0.05) is 12.1 Å². The van der Waals surface area contributed by atoms with Crippen molar-refractivity contribution in [2.45, 2.75) is 25.6 Å². The van der Waals surface area contributed by atoms with Crippen molar-refractivity contribution < 1.29 is 18.8 Å². The molecule has 2 heterocycles. The molecule has 1 amide bonds. The number of amides is 1. The van der Waals surface area contributed by atoms with Gasteiger partial charge in [0.1, 0.15) is 6.10 Å². The summed E-state index contributed by atoms with van der Waals surface area (Å²) in [5.41, 5.74) is 5.35. The Balaban J connectivity index is 1.56. The van der Waals surface area contributed by atoms with Crippen LogP contribution in [0.15, 0.2) is 28.8 Å². The third kappa shape index (κ3) is 2.95. The van der Waals surface area contributed by atoms with Crippen LogP contribution in [0.3, 0.4) is 0 Å². The second kappa shape index (κ2) is 5.92. The molecule has 0 bridgehead atoms. The normalized spacial score (nSPS) is 19.7. The van der Waals surface area contributed by atoms with Crippen LogP contribution in [0.2, 0.25) is 0 Å². The Labute approximate surface area is 126 Å². The van der Waals surface area contributed by atoms with Crippen molar-refractivity contribution in [3.8, 4) is 11.5 Å². The summed E-state index contributed by atoms with van der Waals surface area (Å²) in [5.74, 6) is 1.40. The van der Waals surface area contributed by atoms with Gasteiger partial charge in [0.2, 0.25) is 12.0 Å². The molecule has 0 aliphatic carbocycles. The van der Waals surface area contributed by atoms with E-state index in [9.17, 15) is 4.79 Å². The van der Waals surface area contributed by atoms with Crippen LogP contribution >= 0.6 is 0 Å². The average Bonchev–Trinajstić information content (AvgIpc) is 2.92. The fraction of sp³-hybridized carbons (Fsp3) is 0.357. The van der Waals surface area contributed by atoms with Gasteiger partial charge in [-0.05, 0) is 24.2 Å². The summed E-state index contributed by atoms with van der Waals surface area (Å²) < 4.78 is 16.3. The molecular formula is C14H16N4O4. The van der Waals surface area contributed by atoms with Gasteiger partial charge < -0.3 is 25.0 Å². The molecule has 22 heavy (non-hydrogen) atoms. The zero-order valence-electron chi connectivity index (χ0n) is 12.0. The maximum atomic E-state index is 12.2. The largest absolute Gasteiger partial charge is 0.482 e. The number of nitrogens with one attached hydrogen (secondary N) is 1. The average molecular weight is 304 g/mol. The van der Waals surface area contributed by atoms with Crippen molar-refractivity contribution in [1.82, 2.24) is 15.5 Å². The maximum absolute atomic E-state index is 12.2. The third-order valence-electron chi connectivity index (χ3n) is 3.22. The first-order valence-electron chi connectivity index (χ1n) is 6.91. The summed E-state index contributed by atoms with van der Waals surface area (Å²) in [5, 5.41) is 6.23. The van der Waals surface area contributed by atoms with Crippen LogP contribution < -0.4 is 20.5 Å². The first kappa shape index (κ1) is 14.2. The number of para-hydroxylation sites is 2. The molecule has 0 saturated carbocycles. The number of benzene rings is 1. The topological polar surface area (TPSA) is 112 Å². The van der Waals surface area contributed by atoms with E-state index in [0.29, 0.717) is 30.4 Å². The van der Waals surface area contributed by atoms with E-state index in [1.165, 1.54) is 0 Å². The van der Waals surface area contributed by atoms with Gasteiger partial charge in [0, 0.05) is 13.0 Å².